The minimum absolute atomic E-state index is 0.303. The summed E-state index contributed by atoms with van der Waals surface area (Å²) in [5.74, 6) is -55.5. The van der Waals surface area contributed by atoms with Gasteiger partial charge < -0.3 is 4.74 Å². The van der Waals surface area contributed by atoms with Gasteiger partial charge in [0.15, 0.2) is 0 Å². The second-order valence-electron chi connectivity index (χ2n) is 7.98. The van der Waals surface area contributed by atoms with Gasteiger partial charge in [-0.1, -0.05) is 6.58 Å². The Morgan fingerprint density at radius 2 is 1.05 bits per heavy atom. The fourth-order valence-corrected chi connectivity index (χ4v) is 4.43. The smallest absolute Gasteiger partial charge is 0.457 e. The number of rotatable bonds is 9. The van der Waals surface area contributed by atoms with E-state index in [1.807, 2.05) is 0 Å². The molecule has 0 bridgehead atoms. The van der Waals surface area contributed by atoms with Crippen molar-refractivity contribution in [3.63, 3.8) is 0 Å². The Morgan fingerprint density at radius 3 is 1.34 bits per heavy atom. The zero-order valence-electron chi connectivity index (χ0n) is 18.9. The van der Waals surface area contributed by atoms with E-state index in [1.54, 1.807) is 0 Å². The summed E-state index contributed by atoms with van der Waals surface area (Å²) in [6, 6.07) is 0. The molecule has 0 radical (unpaired) electrons. The first-order chi connectivity index (χ1) is 17.6. The molecular formula is C16H10F19NO4S. The largest absolute Gasteiger partial charge is 0.461 e. The molecule has 0 N–H and O–H groups in total. The maximum absolute atomic E-state index is 14.9. The van der Waals surface area contributed by atoms with E-state index < -0.39 is 91.8 Å². The average molecular weight is 673 g/mol. The molecule has 0 aromatic carbocycles. The van der Waals surface area contributed by atoms with Crippen molar-refractivity contribution in [2.75, 3.05) is 20.2 Å². The number of sulfonamides is 1. The van der Waals surface area contributed by atoms with Crippen molar-refractivity contribution in [3.05, 3.63) is 12.7 Å². The number of ether oxygens (including phenoxy) is 1. The molecule has 0 aromatic heterocycles. The fourth-order valence-electron chi connectivity index (χ4n) is 3.26. The normalized spacial score (nSPS) is 28.3. The topological polar surface area (TPSA) is 63.7 Å². The molecule has 242 valence electrons. The number of esters is 1. The van der Waals surface area contributed by atoms with E-state index in [9.17, 15) is 96.6 Å². The van der Waals surface area contributed by atoms with Gasteiger partial charge in [-0.15, -0.1) is 0 Å². The van der Waals surface area contributed by atoms with Crippen LogP contribution in [0.15, 0.2) is 12.7 Å². The Kier molecular flexibility index (Phi) is 8.44. The average Bonchev–Trinajstić information content (AvgIpc) is 2.79. The molecule has 0 atom stereocenters. The lowest BCUT2D eigenvalue weighted by Crippen LogP contribution is -2.93. The zero-order chi connectivity index (χ0) is 33.5. The van der Waals surface area contributed by atoms with E-state index in [4.69, 9.17) is 0 Å². The van der Waals surface area contributed by atoms with Crippen LogP contribution in [0, 0.1) is 0 Å². The van der Waals surface area contributed by atoms with Crippen molar-refractivity contribution >= 4 is 16.0 Å². The number of carbonyl (C=O) groups is 1. The molecule has 5 nitrogen and oxygen atoms in total. The van der Waals surface area contributed by atoms with Crippen LogP contribution in [-0.4, -0.2) is 97.2 Å². The zero-order valence-corrected chi connectivity index (χ0v) is 19.7. The van der Waals surface area contributed by atoms with E-state index in [2.05, 4.69) is 11.3 Å². The maximum Gasteiger partial charge on any atom is 0.457 e. The predicted octanol–water partition coefficient (Wildman–Crippen LogP) is 5.37. The van der Waals surface area contributed by atoms with Gasteiger partial charge in [-0.25, -0.2) is 22.0 Å². The predicted molar refractivity (Wildman–Crippen MR) is 91.1 cm³/mol. The van der Waals surface area contributed by atoms with Crippen LogP contribution in [0.3, 0.4) is 0 Å². The summed E-state index contributed by atoms with van der Waals surface area (Å²) in [6.45, 7) is -0.518. The molecule has 0 heterocycles. The summed E-state index contributed by atoms with van der Waals surface area (Å²) in [5, 5.41) is -8.02. The quantitative estimate of drug-likeness (QED) is 0.188. The highest BCUT2D eigenvalue weighted by Gasteiger charge is 3.10. The second kappa shape index (κ2) is 9.39. The molecule has 0 saturated heterocycles. The Balaban J connectivity index is 4.08. The fraction of sp³-hybridized carbons (Fsp3) is 0.812. The van der Waals surface area contributed by atoms with Crippen molar-refractivity contribution < 1.29 is 101 Å². The van der Waals surface area contributed by atoms with Crippen LogP contribution in [0.1, 0.15) is 0 Å². The van der Waals surface area contributed by atoms with Gasteiger partial charge in [0.2, 0.25) is 0 Å². The summed E-state index contributed by atoms with van der Waals surface area (Å²) < 4.78 is 291. The van der Waals surface area contributed by atoms with Gasteiger partial charge in [0, 0.05) is 19.7 Å². The van der Waals surface area contributed by atoms with Crippen LogP contribution in [0.5, 0.6) is 0 Å². The molecule has 0 aliphatic heterocycles. The van der Waals surface area contributed by atoms with E-state index >= 15 is 0 Å². The molecule has 0 aromatic rings. The highest BCUT2D eigenvalue weighted by atomic mass is 32.2. The van der Waals surface area contributed by atoms with Crippen molar-refractivity contribution in [3.8, 4) is 0 Å². The molecule has 0 spiro atoms. The van der Waals surface area contributed by atoms with Gasteiger partial charge >= 0.3 is 64.3 Å². The van der Waals surface area contributed by atoms with Crippen molar-refractivity contribution in [1.82, 2.24) is 4.31 Å². The lowest BCUT2D eigenvalue weighted by molar-refractivity contribution is -0.525. The van der Waals surface area contributed by atoms with Gasteiger partial charge in [0.1, 0.15) is 6.61 Å². The molecule has 1 fully saturated rings. The van der Waals surface area contributed by atoms with Crippen molar-refractivity contribution in [2.45, 2.75) is 58.3 Å². The van der Waals surface area contributed by atoms with E-state index in [0.717, 1.165) is 0 Å². The first-order valence-electron chi connectivity index (χ1n) is 9.47. The Bertz CT molecular complexity index is 1130. The van der Waals surface area contributed by atoms with Crippen LogP contribution in [0.25, 0.3) is 0 Å². The molecule has 1 rings (SSSR count). The molecule has 1 aliphatic rings. The first kappa shape index (κ1) is 36.8. The first-order valence-corrected chi connectivity index (χ1v) is 10.9. The number of hydrogen-bond acceptors (Lipinski definition) is 4. The lowest BCUT2D eigenvalue weighted by Gasteiger charge is -2.58. The lowest BCUT2D eigenvalue weighted by atomic mass is 9.62. The molecule has 1 saturated carbocycles. The van der Waals surface area contributed by atoms with Crippen molar-refractivity contribution in [1.29, 1.82) is 0 Å². The van der Waals surface area contributed by atoms with Gasteiger partial charge in [-0.2, -0.15) is 78.9 Å². The third-order valence-electron chi connectivity index (χ3n) is 5.66. The van der Waals surface area contributed by atoms with E-state index in [-0.39, 0.29) is 7.05 Å². The second-order valence-corrected chi connectivity index (χ2v) is 10.1. The van der Waals surface area contributed by atoms with E-state index in [1.165, 1.54) is 0 Å². The molecule has 0 amide bonds. The third-order valence-corrected chi connectivity index (χ3v) is 7.57. The van der Waals surface area contributed by atoms with Crippen molar-refractivity contribution in [2.24, 2.45) is 0 Å². The number of likely N-dealkylation sites (N-methyl/N-ethyl adjacent to an activating group) is 1. The Labute approximate surface area is 213 Å². The Morgan fingerprint density at radius 1 is 0.732 bits per heavy atom. The number of carbonyl (C=O) groups excluding carboxylic acids is 1. The summed E-state index contributed by atoms with van der Waals surface area (Å²) in [7, 11) is -8.03. The highest BCUT2D eigenvalue weighted by molar-refractivity contribution is 7.90. The molecular weight excluding hydrogens is 663 g/mol. The van der Waals surface area contributed by atoms with Crippen LogP contribution in [0.2, 0.25) is 0 Å². The Hall–Kier alpha value is -2.21. The SMILES string of the molecule is C=CC(=O)OCCN(C)S(=O)(=O)C(F)(F)C(F)(F)C1(F)C(F)(F)C(F)(F)C(F)(C(F)(F)C(F)(F)F)C(F)(F)C1(F)F. The van der Waals surface area contributed by atoms with Gasteiger partial charge in [0.05, 0.1) is 0 Å². The molecule has 41 heavy (non-hydrogen) atoms. The van der Waals surface area contributed by atoms with Gasteiger partial charge in [-0.05, 0) is 0 Å². The number of nitrogens with zero attached hydrogens (tertiary/aromatic N) is 1. The van der Waals surface area contributed by atoms with Crippen LogP contribution in [0.4, 0.5) is 83.4 Å². The number of hydrogen-bond donors (Lipinski definition) is 0. The number of alkyl halides is 19. The summed E-state index contributed by atoms with van der Waals surface area (Å²) in [5.41, 5.74) is -18.2. The van der Waals surface area contributed by atoms with Crippen LogP contribution in [-0.2, 0) is 19.6 Å². The summed E-state index contributed by atoms with van der Waals surface area (Å²) in [4.78, 5) is 10.8. The molecule has 1 aliphatic carbocycles. The highest BCUT2D eigenvalue weighted by Crippen LogP contribution is 2.76. The summed E-state index contributed by atoms with van der Waals surface area (Å²) in [6.07, 6.45) is -7.95. The number of halogens is 19. The van der Waals surface area contributed by atoms with Gasteiger partial charge in [-0.3, -0.25) is 0 Å². The minimum Gasteiger partial charge on any atom is -0.461 e. The van der Waals surface area contributed by atoms with E-state index in [0.29, 0.717) is 6.08 Å². The minimum atomic E-state index is -9.15. The third kappa shape index (κ3) is 3.94. The standard InChI is InChI=1S/C16H10F19NO4S/c1-3-6(37)40-5-4-36(2)41(38,39)16(34,35)14(29,30)8(18)11(23,24)9(19,20)7(17,10(21,22)12(8,25)26)13(27,28)15(31,32)33/h3H,1,4-5H2,2H3. The summed E-state index contributed by atoms with van der Waals surface area (Å²) >= 11 is 0. The van der Waals surface area contributed by atoms with Crippen LogP contribution < -0.4 is 0 Å². The van der Waals surface area contributed by atoms with Crippen LogP contribution >= 0.6 is 0 Å². The monoisotopic (exact) mass is 673 g/mol. The maximum atomic E-state index is 14.9. The van der Waals surface area contributed by atoms with Gasteiger partial charge in [0.25, 0.3) is 10.0 Å². The molecule has 0 unspecified atom stereocenters. The molecule has 25 heteroatoms.